The molecule has 0 saturated heterocycles. The molecular formula is C15H14N4O. The maximum Gasteiger partial charge on any atom is 0.212 e. The van der Waals surface area contributed by atoms with E-state index in [9.17, 15) is 4.79 Å². The monoisotopic (exact) mass is 266 g/mol. The summed E-state index contributed by atoms with van der Waals surface area (Å²) in [5, 5.41) is 8.60. The first kappa shape index (κ1) is 12.3. The Bertz CT molecular complexity index is 802. The third-order valence-electron chi connectivity index (χ3n) is 3.10. The van der Waals surface area contributed by atoms with Crippen LogP contribution in [0.25, 0.3) is 17.1 Å². The van der Waals surface area contributed by atoms with Crippen LogP contribution in [0.5, 0.6) is 0 Å². The van der Waals surface area contributed by atoms with Crippen LogP contribution in [0, 0.1) is 6.92 Å². The lowest BCUT2D eigenvalue weighted by Gasteiger charge is -2.08. The fraction of sp³-hybridized carbons (Fsp3) is 0.133. The Morgan fingerprint density at radius 1 is 1.10 bits per heavy atom. The molecule has 0 spiro atoms. The van der Waals surface area contributed by atoms with E-state index in [1.807, 2.05) is 30.3 Å². The summed E-state index contributed by atoms with van der Waals surface area (Å²) in [7, 11) is 1.80. The zero-order valence-corrected chi connectivity index (χ0v) is 11.3. The van der Waals surface area contributed by atoms with Gasteiger partial charge in [-0.2, -0.15) is 10.2 Å². The Hall–Kier alpha value is -2.69. The van der Waals surface area contributed by atoms with E-state index in [4.69, 9.17) is 0 Å². The summed E-state index contributed by atoms with van der Waals surface area (Å²) >= 11 is 0. The van der Waals surface area contributed by atoms with E-state index < -0.39 is 0 Å². The van der Waals surface area contributed by atoms with Crippen LogP contribution in [0.2, 0.25) is 0 Å². The summed E-state index contributed by atoms with van der Waals surface area (Å²) in [5.74, 6) is 0. The topological polar surface area (TPSA) is 52.7 Å². The third kappa shape index (κ3) is 2.03. The molecule has 3 rings (SSSR count). The van der Waals surface area contributed by atoms with Crippen molar-refractivity contribution in [2.24, 2.45) is 7.05 Å². The lowest BCUT2D eigenvalue weighted by molar-refractivity contribution is 0.728. The molecule has 5 nitrogen and oxygen atoms in total. The number of hydrogen-bond donors (Lipinski definition) is 0. The SMILES string of the molecule is Cc1cn(C)nc(-c2ccnn2-c2ccccc2)c1=O. The van der Waals surface area contributed by atoms with E-state index in [1.54, 1.807) is 41.8 Å². The molecule has 0 bridgehead atoms. The molecule has 0 unspecified atom stereocenters. The van der Waals surface area contributed by atoms with Crippen LogP contribution in [0.3, 0.4) is 0 Å². The minimum absolute atomic E-state index is 0.0687. The van der Waals surface area contributed by atoms with E-state index in [-0.39, 0.29) is 5.43 Å². The number of aryl methyl sites for hydroxylation is 2. The van der Waals surface area contributed by atoms with Gasteiger partial charge in [-0.05, 0) is 25.1 Å². The average molecular weight is 266 g/mol. The van der Waals surface area contributed by atoms with Crippen molar-refractivity contribution in [1.29, 1.82) is 0 Å². The smallest absolute Gasteiger partial charge is 0.212 e. The standard InChI is InChI=1S/C15H14N4O/c1-11-10-18(2)17-14(15(11)20)13-8-9-16-19(13)12-6-4-3-5-7-12/h3-10H,1-2H3. The van der Waals surface area contributed by atoms with E-state index in [1.165, 1.54) is 0 Å². The van der Waals surface area contributed by atoms with Crippen molar-refractivity contribution in [1.82, 2.24) is 19.6 Å². The zero-order chi connectivity index (χ0) is 14.1. The number of rotatable bonds is 2. The summed E-state index contributed by atoms with van der Waals surface area (Å²) in [6, 6.07) is 11.5. The van der Waals surface area contributed by atoms with Crippen LogP contribution in [0.1, 0.15) is 5.56 Å². The number of hydrogen-bond acceptors (Lipinski definition) is 3. The Balaban J connectivity index is 2.23. The zero-order valence-electron chi connectivity index (χ0n) is 11.3. The van der Waals surface area contributed by atoms with Gasteiger partial charge in [0.2, 0.25) is 5.43 Å². The van der Waals surface area contributed by atoms with Crippen LogP contribution >= 0.6 is 0 Å². The maximum atomic E-state index is 12.3. The molecule has 0 aliphatic rings. The molecule has 3 aromatic rings. The van der Waals surface area contributed by atoms with Crippen molar-refractivity contribution in [2.75, 3.05) is 0 Å². The Kier molecular flexibility index (Phi) is 2.95. The fourth-order valence-electron chi connectivity index (χ4n) is 2.18. The maximum absolute atomic E-state index is 12.3. The molecule has 20 heavy (non-hydrogen) atoms. The molecule has 2 heterocycles. The lowest BCUT2D eigenvalue weighted by Crippen LogP contribution is -2.17. The van der Waals surface area contributed by atoms with Gasteiger partial charge in [0.15, 0.2) is 5.69 Å². The number of nitrogens with zero attached hydrogens (tertiary/aromatic N) is 4. The first-order chi connectivity index (χ1) is 9.66. The van der Waals surface area contributed by atoms with Crippen LogP contribution < -0.4 is 5.43 Å². The van der Waals surface area contributed by atoms with Crippen LogP contribution in [-0.2, 0) is 7.05 Å². The van der Waals surface area contributed by atoms with Crippen molar-refractivity contribution in [3.05, 3.63) is 64.6 Å². The van der Waals surface area contributed by atoms with E-state index in [2.05, 4.69) is 10.2 Å². The lowest BCUT2D eigenvalue weighted by atomic mass is 10.2. The van der Waals surface area contributed by atoms with Gasteiger partial charge in [0.05, 0.1) is 17.6 Å². The molecular weight excluding hydrogens is 252 g/mol. The summed E-state index contributed by atoms with van der Waals surface area (Å²) in [6.45, 7) is 1.79. The van der Waals surface area contributed by atoms with Crippen molar-refractivity contribution in [3.63, 3.8) is 0 Å². The molecule has 0 saturated carbocycles. The van der Waals surface area contributed by atoms with Gasteiger partial charge in [0, 0.05) is 18.8 Å². The summed E-state index contributed by atoms with van der Waals surface area (Å²) in [4.78, 5) is 12.3. The van der Waals surface area contributed by atoms with Gasteiger partial charge in [-0.1, -0.05) is 18.2 Å². The second-order valence-electron chi connectivity index (χ2n) is 4.63. The summed E-state index contributed by atoms with van der Waals surface area (Å²) in [5.41, 5.74) is 2.60. The summed E-state index contributed by atoms with van der Waals surface area (Å²) in [6.07, 6.45) is 3.39. The third-order valence-corrected chi connectivity index (χ3v) is 3.10. The average Bonchev–Trinajstić information content (AvgIpc) is 2.93. The van der Waals surface area contributed by atoms with Gasteiger partial charge in [0.1, 0.15) is 0 Å². The summed E-state index contributed by atoms with van der Waals surface area (Å²) < 4.78 is 3.37. The Labute approximate surface area is 116 Å². The van der Waals surface area contributed by atoms with Crippen LogP contribution in [-0.4, -0.2) is 19.6 Å². The molecule has 2 aromatic heterocycles. The van der Waals surface area contributed by atoms with Gasteiger partial charge in [-0.25, -0.2) is 4.68 Å². The van der Waals surface area contributed by atoms with Crippen molar-refractivity contribution >= 4 is 0 Å². The molecule has 0 N–H and O–H groups in total. The minimum Gasteiger partial charge on any atom is -0.287 e. The first-order valence-corrected chi connectivity index (χ1v) is 6.31. The van der Waals surface area contributed by atoms with Gasteiger partial charge < -0.3 is 0 Å². The predicted octanol–water partition coefficient (Wildman–Crippen LogP) is 1.94. The highest BCUT2D eigenvalue weighted by Crippen LogP contribution is 2.17. The highest BCUT2D eigenvalue weighted by molar-refractivity contribution is 5.57. The Morgan fingerprint density at radius 3 is 2.60 bits per heavy atom. The highest BCUT2D eigenvalue weighted by atomic mass is 16.1. The minimum atomic E-state index is -0.0687. The molecule has 0 atom stereocenters. The van der Waals surface area contributed by atoms with Crippen LogP contribution in [0.15, 0.2) is 53.6 Å². The molecule has 0 amide bonds. The van der Waals surface area contributed by atoms with Crippen LogP contribution in [0.4, 0.5) is 0 Å². The van der Waals surface area contributed by atoms with Crippen molar-refractivity contribution in [2.45, 2.75) is 6.92 Å². The quantitative estimate of drug-likeness (QED) is 0.712. The molecule has 5 heteroatoms. The molecule has 1 aromatic carbocycles. The molecule has 0 aliphatic carbocycles. The normalized spacial score (nSPS) is 10.7. The second-order valence-corrected chi connectivity index (χ2v) is 4.63. The Morgan fingerprint density at radius 2 is 1.85 bits per heavy atom. The van der Waals surface area contributed by atoms with Crippen molar-refractivity contribution in [3.8, 4) is 17.1 Å². The van der Waals surface area contributed by atoms with Crippen molar-refractivity contribution < 1.29 is 0 Å². The second kappa shape index (κ2) is 4.77. The van der Waals surface area contributed by atoms with Gasteiger partial charge >= 0.3 is 0 Å². The van der Waals surface area contributed by atoms with E-state index >= 15 is 0 Å². The highest BCUT2D eigenvalue weighted by Gasteiger charge is 2.14. The van der Waals surface area contributed by atoms with Gasteiger partial charge in [-0.3, -0.25) is 9.48 Å². The van der Waals surface area contributed by atoms with E-state index in [0.717, 1.165) is 5.69 Å². The molecule has 0 fully saturated rings. The van der Waals surface area contributed by atoms with Gasteiger partial charge in [-0.15, -0.1) is 0 Å². The molecule has 100 valence electrons. The first-order valence-electron chi connectivity index (χ1n) is 6.31. The number of aromatic nitrogens is 4. The number of para-hydroxylation sites is 1. The fourth-order valence-corrected chi connectivity index (χ4v) is 2.18. The molecule has 0 aliphatic heterocycles. The number of benzene rings is 1. The largest absolute Gasteiger partial charge is 0.287 e. The molecule has 0 radical (unpaired) electrons. The predicted molar refractivity (Wildman–Crippen MR) is 76.8 cm³/mol. The van der Waals surface area contributed by atoms with E-state index in [0.29, 0.717) is 17.0 Å². The van der Waals surface area contributed by atoms with Gasteiger partial charge in [0.25, 0.3) is 0 Å².